The highest BCUT2D eigenvalue weighted by atomic mass is 16.5. The summed E-state index contributed by atoms with van der Waals surface area (Å²) in [5.74, 6) is 0. The molecule has 3 atom stereocenters. The Morgan fingerprint density at radius 2 is 2.06 bits per heavy atom. The van der Waals surface area contributed by atoms with Crippen LogP contribution in [0.3, 0.4) is 0 Å². The van der Waals surface area contributed by atoms with Gasteiger partial charge in [-0.15, -0.1) is 0 Å². The van der Waals surface area contributed by atoms with E-state index in [9.17, 15) is 0 Å². The molecule has 0 aromatic heterocycles. The molecule has 0 bridgehead atoms. The van der Waals surface area contributed by atoms with Gasteiger partial charge in [0.15, 0.2) is 0 Å². The summed E-state index contributed by atoms with van der Waals surface area (Å²) in [6.45, 7) is 5.06. The molecule has 3 unspecified atom stereocenters. The van der Waals surface area contributed by atoms with Gasteiger partial charge in [-0.2, -0.15) is 0 Å². The van der Waals surface area contributed by atoms with Crippen LogP contribution in [0.25, 0.3) is 0 Å². The van der Waals surface area contributed by atoms with E-state index < -0.39 is 0 Å². The molecule has 0 aromatic carbocycles. The van der Waals surface area contributed by atoms with Crippen LogP contribution >= 0.6 is 0 Å². The molecule has 102 valence electrons. The standard InChI is InChI=1S/C13H28N2O2/c1-5-17-12-10-11(13(12)16-4)14-8-6-7-9-15(2)3/h11-14H,5-10H2,1-4H3. The molecule has 1 fully saturated rings. The lowest BCUT2D eigenvalue weighted by atomic mass is 9.85. The molecule has 4 nitrogen and oxygen atoms in total. The smallest absolute Gasteiger partial charge is 0.0986 e. The molecule has 0 aromatic rings. The molecule has 17 heavy (non-hydrogen) atoms. The summed E-state index contributed by atoms with van der Waals surface area (Å²) in [6, 6.07) is 0.482. The van der Waals surface area contributed by atoms with Crippen molar-refractivity contribution in [3.63, 3.8) is 0 Å². The van der Waals surface area contributed by atoms with Crippen molar-refractivity contribution in [1.29, 1.82) is 0 Å². The van der Waals surface area contributed by atoms with Crippen LogP contribution in [-0.4, -0.2) is 64.1 Å². The van der Waals surface area contributed by atoms with Crippen molar-refractivity contribution in [2.45, 2.75) is 44.4 Å². The van der Waals surface area contributed by atoms with Crippen LogP contribution in [0.4, 0.5) is 0 Å². The van der Waals surface area contributed by atoms with Crippen LogP contribution in [0.1, 0.15) is 26.2 Å². The predicted molar refractivity (Wildman–Crippen MR) is 70.4 cm³/mol. The second-order valence-electron chi connectivity index (χ2n) is 5.00. The zero-order valence-corrected chi connectivity index (χ0v) is 11.7. The average molecular weight is 244 g/mol. The SMILES string of the molecule is CCOC1CC(NCCCCN(C)C)C1OC. The van der Waals surface area contributed by atoms with E-state index >= 15 is 0 Å². The first-order chi connectivity index (χ1) is 8.19. The maximum absolute atomic E-state index is 5.60. The molecule has 1 N–H and O–H groups in total. The number of nitrogens with one attached hydrogen (secondary N) is 1. The summed E-state index contributed by atoms with van der Waals surface area (Å²) >= 11 is 0. The fraction of sp³-hybridized carbons (Fsp3) is 1.00. The van der Waals surface area contributed by atoms with Crippen LogP contribution < -0.4 is 5.32 Å². The highest BCUT2D eigenvalue weighted by Crippen LogP contribution is 2.26. The summed E-state index contributed by atoms with van der Waals surface area (Å²) in [5.41, 5.74) is 0. The Hall–Kier alpha value is -0.160. The highest BCUT2D eigenvalue weighted by molar-refractivity contribution is 4.96. The van der Waals surface area contributed by atoms with E-state index in [1.807, 2.05) is 6.92 Å². The first-order valence-corrected chi connectivity index (χ1v) is 6.71. The second-order valence-corrected chi connectivity index (χ2v) is 5.00. The third kappa shape index (κ3) is 4.92. The van der Waals surface area contributed by atoms with Gasteiger partial charge in [-0.05, 0) is 53.4 Å². The number of hydrogen-bond acceptors (Lipinski definition) is 4. The molecule has 1 saturated carbocycles. The molecule has 0 radical (unpaired) electrons. The first kappa shape index (κ1) is 14.9. The lowest BCUT2D eigenvalue weighted by Crippen LogP contribution is -2.59. The predicted octanol–water partition coefficient (Wildman–Crippen LogP) is 1.11. The summed E-state index contributed by atoms with van der Waals surface area (Å²) < 4.78 is 11.1. The van der Waals surface area contributed by atoms with Crippen molar-refractivity contribution in [1.82, 2.24) is 10.2 Å². The first-order valence-electron chi connectivity index (χ1n) is 6.71. The van der Waals surface area contributed by atoms with E-state index in [-0.39, 0.29) is 6.10 Å². The Morgan fingerprint density at radius 3 is 2.65 bits per heavy atom. The average Bonchev–Trinajstić information content (AvgIpc) is 2.26. The third-order valence-electron chi connectivity index (χ3n) is 3.34. The quantitative estimate of drug-likeness (QED) is 0.616. The monoisotopic (exact) mass is 244 g/mol. The number of methoxy groups -OCH3 is 1. The van der Waals surface area contributed by atoms with E-state index in [4.69, 9.17) is 9.47 Å². The van der Waals surface area contributed by atoms with E-state index in [1.54, 1.807) is 7.11 Å². The normalized spacial score (nSPS) is 28.4. The van der Waals surface area contributed by atoms with E-state index in [1.165, 1.54) is 19.4 Å². The molecule has 1 aliphatic carbocycles. The van der Waals surface area contributed by atoms with Gasteiger partial charge < -0.3 is 19.7 Å². The summed E-state index contributed by atoms with van der Waals surface area (Å²) in [4.78, 5) is 2.23. The molecule has 0 saturated heterocycles. The highest BCUT2D eigenvalue weighted by Gasteiger charge is 2.41. The zero-order chi connectivity index (χ0) is 12.7. The van der Waals surface area contributed by atoms with Crippen molar-refractivity contribution in [2.75, 3.05) is 40.9 Å². The molecule has 0 heterocycles. The fourth-order valence-corrected chi connectivity index (χ4v) is 2.31. The topological polar surface area (TPSA) is 33.7 Å². The van der Waals surface area contributed by atoms with Crippen LogP contribution in [-0.2, 0) is 9.47 Å². The van der Waals surface area contributed by atoms with Gasteiger partial charge in [0.05, 0.1) is 12.2 Å². The number of rotatable bonds is 9. The van der Waals surface area contributed by atoms with Crippen LogP contribution in [0.5, 0.6) is 0 Å². The molecular weight excluding hydrogens is 216 g/mol. The maximum atomic E-state index is 5.60. The summed E-state index contributed by atoms with van der Waals surface area (Å²) in [7, 11) is 6.01. The van der Waals surface area contributed by atoms with E-state index in [2.05, 4.69) is 24.3 Å². The van der Waals surface area contributed by atoms with Crippen molar-refractivity contribution < 1.29 is 9.47 Å². The summed E-state index contributed by atoms with van der Waals surface area (Å²) in [6.07, 6.45) is 4.09. The van der Waals surface area contributed by atoms with Crippen molar-refractivity contribution in [3.8, 4) is 0 Å². The molecule has 0 spiro atoms. The van der Waals surface area contributed by atoms with Gasteiger partial charge in [0, 0.05) is 19.8 Å². The molecule has 1 rings (SSSR count). The van der Waals surface area contributed by atoms with Crippen molar-refractivity contribution in [3.05, 3.63) is 0 Å². The second kappa shape index (κ2) is 8.03. The Kier molecular flexibility index (Phi) is 7.04. The molecule has 0 amide bonds. The molecule has 1 aliphatic rings. The Morgan fingerprint density at radius 1 is 1.29 bits per heavy atom. The zero-order valence-electron chi connectivity index (χ0n) is 11.7. The lowest BCUT2D eigenvalue weighted by molar-refractivity contribution is -0.131. The summed E-state index contributed by atoms with van der Waals surface area (Å²) in [5, 5.41) is 3.56. The molecular formula is C13H28N2O2. The number of ether oxygens (including phenoxy) is 2. The van der Waals surface area contributed by atoms with Gasteiger partial charge >= 0.3 is 0 Å². The fourth-order valence-electron chi connectivity index (χ4n) is 2.31. The van der Waals surface area contributed by atoms with Crippen LogP contribution in [0.15, 0.2) is 0 Å². The Labute approximate surface area is 106 Å². The van der Waals surface area contributed by atoms with E-state index in [0.717, 1.165) is 19.6 Å². The van der Waals surface area contributed by atoms with Gasteiger partial charge in [-0.1, -0.05) is 0 Å². The van der Waals surface area contributed by atoms with Gasteiger partial charge in [-0.3, -0.25) is 0 Å². The van der Waals surface area contributed by atoms with Crippen molar-refractivity contribution >= 4 is 0 Å². The number of hydrogen-bond donors (Lipinski definition) is 1. The van der Waals surface area contributed by atoms with Gasteiger partial charge in [0.2, 0.25) is 0 Å². The Balaban J connectivity index is 2.04. The maximum Gasteiger partial charge on any atom is 0.0986 e. The molecule has 0 aliphatic heterocycles. The minimum Gasteiger partial charge on any atom is -0.377 e. The van der Waals surface area contributed by atoms with E-state index in [0.29, 0.717) is 12.1 Å². The van der Waals surface area contributed by atoms with Gasteiger partial charge in [0.1, 0.15) is 0 Å². The van der Waals surface area contributed by atoms with Crippen molar-refractivity contribution in [2.24, 2.45) is 0 Å². The molecule has 4 heteroatoms. The lowest BCUT2D eigenvalue weighted by Gasteiger charge is -2.43. The van der Waals surface area contributed by atoms with Gasteiger partial charge in [-0.25, -0.2) is 0 Å². The van der Waals surface area contributed by atoms with Crippen LogP contribution in [0.2, 0.25) is 0 Å². The minimum atomic E-state index is 0.240. The third-order valence-corrected chi connectivity index (χ3v) is 3.34. The van der Waals surface area contributed by atoms with Gasteiger partial charge in [0.25, 0.3) is 0 Å². The Bertz CT molecular complexity index is 200. The van der Waals surface area contributed by atoms with Crippen LogP contribution in [0, 0.1) is 0 Å². The minimum absolute atomic E-state index is 0.240. The number of nitrogens with zero attached hydrogens (tertiary/aromatic N) is 1. The number of unbranched alkanes of at least 4 members (excludes halogenated alkanes) is 1. The largest absolute Gasteiger partial charge is 0.377 e.